The molecule has 0 spiro atoms. The standard InChI is InChI=1S/C63H43NO2/c1-63(2)57-35-28-44(37-56(57)51-33-26-45(38-58(51)63)40-12-4-3-5-13-40)43-14-10-15-49(36-43)64(47-29-22-41(23-30-47)46-27-34-54-52-16-6-8-20-59(52)65-61(54)39-46)48-31-24-42(25-32-48)50-18-11-19-55-53-17-7-9-21-60(53)66-62(50)55/h3-39H,1-2H3. The molecule has 0 aliphatic heterocycles. The Morgan fingerprint density at radius 1 is 0.303 bits per heavy atom. The molecular weight excluding hydrogens is 803 g/mol. The highest BCUT2D eigenvalue weighted by atomic mass is 16.3. The summed E-state index contributed by atoms with van der Waals surface area (Å²) >= 11 is 0. The van der Waals surface area contributed by atoms with E-state index in [0.29, 0.717) is 0 Å². The van der Waals surface area contributed by atoms with Crippen LogP contribution >= 0.6 is 0 Å². The molecule has 0 fully saturated rings. The average Bonchev–Trinajstić information content (AvgIpc) is 4.02. The smallest absolute Gasteiger partial charge is 0.143 e. The number of furan rings is 2. The maximum absolute atomic E-state index is 6.46. The fourth-order valence-electron chi connectivity index (χ4n) is 10.5. The largest absolute Gasteiger partial charge is 0.456 e. The van der Waals surface area contributed by atoms with Crippen molar-refractivity contribution in [2.24, 2.45) is 0 Å². The van der Waals surface area contributed by atoms with Gasteiger partial charge in [-0.3, -0.25) is 0 Å². The van der Waals surface area contributed by atoms with Crippen molar-refractivity contribution in [1.82, 2.24) is 0 Å². The van der Waals surface area contributed by atoms with Gasteiger partial charge < -0.3 is 13.7 Å². The highest BCUT2D eigenvalue weighted by Crippen LogP contribution is 2.51. The van der Waals surface area contributed by atoms with Gasteiger partial charge in [0.25, 0.3) is 0 Å². The highest BCUT2D eigenvalue weighted by molar-refractivity contribution is 6.10. The highest BCUT2D eigenvalue weighted by Gasteiger charge is 2.36. The molecule has 3 heteroatoms. The van der Waals surface area contributed by atoms with Crippen LogP contribution in [0.5, 0.6) is 0 Å². The summed E-state index contributed by atoms with van der Waals surface area (Å²) < 4.78 is 12.7. The summed E-state index contributed by atoms with van der Waals surface area (Å²) in [6.45, 7) is 4.71. The van der Waals surface area contributed by atoms with Crippen molar-refractivity contribution in [1.29, 1.82) is 0 Å². The lowest BCUT2D eigenvalue weighted by molar-refractivity contribution is 0.660. The van der Waals surface area contributed by atoms with Crippen molar-refractivity contribution in [3.05, 3.63) is 236 Å². The summed E-state index contributed by atoms with van der Waals surface area (Å²) in [6.07, 6.45) is 0. The third kappa shape index (κ3) is 6.12. The van der Waals surface area contributed by atoms with Gasteiger partial charge in [0.15, 0.2) is 0 Å². The third-order valence-corrected chi connectivity index (χ3v) is 13.9. The molecule has 66 heavy (non-hydrogen) atoms. The lowest BCUT2D eigenvalue weighted by Gasteiger charge is -2.26. The molecule has 312 valence electrons. The Labute approximate surface area is 383 Å². The van der Waals surface area contributed by atoms with E-state index in [2.05, 4.69) is 219 Å². The first kappa shape index (κ1) is 38.1. The topological polar surface area (TPSA) is 29.5 Å². The molecule has 0 amide bonds. The zero-order valence-corrected chi connectivity index (χ0v) is 36.6. The fraction of sp³-hybridized carbons (Fsp3) is 0.0476. The number of rotatable bonds is 7. The van der Waals surface area contributed by atoms with Gasteiger partial charge in [0.2, 0.25) is 0 Å². The number of fused-ring (bicyclic) bond motifs is 9. The molecule has 0 saturated carbocycles. The molecule has 0 bridgehead atoms. The Kier molecular flexibility index (Phi) is 8.56. The van der Waals surface area contributed by atoms with E-state index in [1.54, 1.807) is 0 Å². The van der Waals surface area contributed by atoms with Crippen molar-refractivity contribution in [3.8, 4) is 55.6 Å². The van der Waals surface area contributed by atoms with Gasteiger partial charge in [0.05, 0.1) is 0 Å². The Balaban J connectivity index is 0.894. The van der Waals surface area contributed by atoms with Crippen molar-refractivity contribution in [2.75, 3.05) is 4.90 Å². The summed E-state index contributed by atoms with van der Waals surface area (Å²) in [4.78, 5) is 2.36. The van der Waals surface area contributed by atoms with Gasteiger partial charge in [-0.2, -0.15) is 0 Å². The monoisotopic (exact) mass is 845 g/mol. The zero-order valence-electron chi connectivity index (χ0n) is 36.6. The number of anilines is 3. The molecule has 13 rings (SSSR count). The van der Waals surface area contributed by atoms with Crippen molar-refractivity contribution >= 4 is 60.9 Å². The second kappa shape index (κ2) is 14.8. The molecule has 0 unspecified atom stereocenters. The molecule has 0 atom stereocenters. The molecule has 3 nitrogen and oxygen atoms in total. The average molecular weight is 846 g/mol. The molecule has 1 aliphatic rings. The van der Waals surface area contributed by atoms with Gasteiger partial charge in [-0.15, -0.1) is 0 Å². The van der Waals surface area contributed by atoms with E-state index in [-0.39, 0.29) is 5.41 Å². The predicted molar refractivity (Wildman–Crippen MR) is 275 cm³/mol. The zero-order chi connectivity index (χ0) is 43.9. The minimum atomic E-state index is -0.112. The minimum Gasteiger partial charge on any atom is -0.456 e. The van der Waals surface area contributed by atoms with Crippen LogP contribution in [-0.4, -0.2) is 0 Å². The van der Waals surface area contributed by atoms with Crippen LogP contribution in [-0.2, 0) is 5.41 Å². The van der Waals surface area contributed by atoms with Crippen LogP contribution in [0, 0.1) is 0 Å². The van der Waals surface area contributed by atoms with Crippen LogP contribution in [0.4, 0.5) is 17.1 Å². The molecule has 1 aliphatic carbocycles. The first-order valence-corrected chi connectivity index (χ1v) is 22.7. The van der Waals surface area contributed by atoms with E-state index >= 15 is 0 Å². The predicted octanol–water partition coefficient (Wildman–Crippen LogP) is 17.9. The summed E-state index contributed by atoms with van der Waals surface area (Å²) in [6, 6.07) is 80.9. The maximum atomic E-state index is 6.46. The van der Waals surface area contributed by atoms with E-state index in [1.165, 1.54) is 38.9 Å². The van der Waals surface area contributed by atoms with E-state index in [4.69, 9.17) is 8.83 Å². The van der Waals surface area contributed by atoms with Gasteiger partial charge >= 0.3 is 0 Å². The van der Waals surface area contributed by atoms with Gasteiger partial charge in [-0.05, 0) is 134 Å². The lowest BCUT2D eigenvalue weighted by atomic mass is 9.81. The fourth-order valence-corrected chi connectivity index (χ4v) is 10.5. The van der Waals surface area contributed by atoms with Crippen LogP contribution in [0.3, 0.4) is 0 Å². The van der Waals surface area contributed by atoms with Crippen LogP contribution in [0.1, 0.15) is 25.0 Å². The maximum Gasteiger partial charge on any atom is 0.143 e. The van der Waals surface area contributed by atoms with Crippen LogP contribution in [0.15, 0.2) is 233 Å². The summed E-state index contributed by atoms with van der Waals surface area (Å²) in [5, 5.41) is 4.52. The Morgan fingerprint density at radius 3 is 1.64 bits per heavy atom. The van der Waals surface area contributed by atoms with E-state index in [0.717, 1.165) is 88.8 Å². The van der Waals surface area contributed by atoms with Crippen molar-refractivity contribution < 1.29 is 8.83 Å². The molecular formula is C63H43NO2. The molecule has 0 radical (unpaired) electrons. The molecule has 2 aromatic heterocycles. The number of hydrogen-bond acceptors (Lipinski definition) is 3. The SMILES string of the molecule is CC1(C)c2ccc(-c3cccc(N(c4ccc(-c5ccc6c(c5)oc5ccccc56)cc4)c4ccc(-c5cccc6c5oc5ccccc56)cc4)c3)cc2-c2ccc(-c3ccccc3)cc21. The van der Waals surface area contributed by atoms with Crippen LogP contribution in [0.2, 0.25) is 0 Å². The number of hydrogen-bond donors (Lipinski definition) is 0. The summed E-state index contributed by atoms with van der Waals surface area (Å²) in [5.74, 6) is 0. The minimum absolute atomic E-state index is 0.112. The normalized spacial score (nSPS) is 12.8. The molecule has 0 N–H and O–H groups in total. The quantitative estimate of drug-likeness (QED) is 0.160. The van der Waals surface area contributed by atoms with Crippen molar-refractivity contribution in [3.63, 3.8) is 0 Å². The number of nitrogens with zero attached hydrogens (tertiary/aromatic N) is 1. The van der Waals surface area contributed by atoms with Gasteiger partial charge in [-0.1, -0.05) is 166 Å². The van der Waals surface area contributed by atoms with Gasteiger partial charge in [-0.25, -0.2) is 0 Å². The molecule has 10 aromatic carbocycles. The first-order chi connectivity index (χ1) is 32.4. The second-order valence-corrected chi connectivity index (χ2v) is 18.1. The summed E-state index contributed by atoms with van der Waals surface area (Å²) in [7, 11) is 0. The Hall–Kier alpha value is -8.40. The van der Waals surface area contributed by atoms with Crippen LogP contribution in [0.25, 0.3) is 99.5 Å². The second-order valence-electron chi connectivity index (χ2n) is 18.1. The van der Waals surface area contributed by atoms with Gasteiger partial charge in [0.1, 0.15) is 22.3 Å². The lowest BCUT2D eigenvalue weighted by Crippen LogP contribution is -2.15. The van der Waals surface area contributed by atoms with E-state index < -0.39 is 0 Å². The van der Waals surface area contributed by atoms with Gasteiger partial charge in [0, 0.05) is 49.6 Å². The van der Waals surface area contributed by atoms with E-state index in [1.807, 2.05) is 24.3 Å². The Morgan fingerprint density at radius 2 is 0.848 bits per heavy atom. The number of benzene rings is 10. The van der Waals surface area contributed by atoms with Crippen molar-refractivity contribution in [2.45, 2.75) is 19.3 Å². The molecule has 12 aromatic rings. The molecule has 2 heterocycles. The van der Waals surface area contributed by atoms with E-state index in [9.17, 15) is 0 Å². The molecule has 0 saturated heterocycles. The summed E-state index contributed by atoms with van der Waals surface area (Å²) in [5.41, 5.74) is 21.3. The van der Waals surface area contributed by atoms with Crippen LogP contribution < -0.4 is 4.90 Å². The Bertz CT molecular complexity index is 3830. The number of para-hydroxylation sites is 3. The third-order valence-electron chi connectivity index (χ3n) is 13.9. The first-order valence-electron chi connectivity index (χ1n) is 22.7.